The van der Waals surface area contributed by atoms with Crippen LogP contribution in [0.1, 0.15) is 34.1 Å². The fourth-order valence-corrected chi connectivity index (χ4v) is 2.29. The van der Waals surface area contributed by atoms with Crippen molar-refractivity contribution in [2.24, 2.45) is 5.84 Å². The van der Waals surface area contributed by atoms with Crippen LogP contribution < -0.4 is 16.3 Å². The molecule has 5 N–H and O–H groups in total. The van der Waals surface area contributed by atoms with Gasteiger partial charge in [-0.25, -0.2) is 14.6 Å². The van der Waals surface area contributed by atoms with Gasteiger partial charge in [-0.1, -0.05) is 6.58 Å². The molecule has 1 aromatic carbocycles. The highest BCUT2D eigenvalue weighted by Crippen LogP contribution is 2.28. The molecule has 0 radical (unpaired) electrons. The molecule has 0 saturated carbocycles. The number of nitrogens with two attached hydrogens (primary N) is 1. The largest absolute Gasteiger partial charge is 0.357 e. The molecule has 1 amide bonds. The molecule has 126 valence electrons. The van der Waals surface area contributed by atoms with Crippen LogP contribution in [-0.4, -0.2) is 23.1 Å². The van der Waals surface area contributed by atoms with Gasteiger partial charge in [0.15, 0.2) is 5.71 Å². The summed E-state index contributed by atoms with van der Waals surface area (Å²) in [5.74, 6) is 3.56. The predicted octanol–water partition coefficient (Wildman–Crippen LogP) is 0.808. The standard InChI is InChI=1S/C17H18F2N4O/c1-9-4-13(18)6-14(19)16(9)11(3)12-5-15(21-8-12)17(24)22-7-10(2)23-20/h4-6,8,21H,3,7,20H2,1-2H3,(H,22,24)/p+1/b23-10+. The maximum atomic E-state index is 14.0. The second-order valence-corrected chi connectivity index (χ2v) is 5.47. The molecule has 0 fully saturated rings. The summed E-state index contributed by atoms with van der Waals surface area (Å²) < 4.78 is 27.3. The Kier molecular flexibility index (Phi) is 5.13. The van der Waals surface area contributed by atoms with Gasteiger partial charge < -0.3 is 10.3 Å². The lowest BCUT2D eigenvalue weighted by Crippen LogP contribution is -2.81. The van der Waals surface area contributed by atoms with Crippen LogP contribution in [0.25, 0.3) is 5.57 Å². The number of nitrogens with one attached hydrogen (secondary N) is 3. The molecular weight excluding hydrogens is 314 g/mol. The maximum Gasteiger partial charge on any atom is 0.268 e. The van der Waals surface area contributed by atoms with Gasteiger partial charge in [0.1, 0.15) is 23.9 Å². The molecule has 0 aliphatic carbocycles. The summed E-state index contributed by atoms with van der Waals surface area (Å²) in [7, 11) is 0. The van der Waals surface area contributed by atoms with Crippen molar-refractivity contribution in [1.29, 1.82) is 0 Å². The third-order valence-electron chi connectivity index (χ3n) is 3.59. The lowest BCUT2D eigenvalue weighted by molar-refractivity contribution is -0.470. The number of H-pyrrole nitrogens is 1. The van der Waals surface area contributed by atoms with Crippen LogP contribution in [0.5, 0.6) is 0 Å². The number of halogens is 2. The van der Waals surface area contributed by atoms with E-state index in [9.17, 15) is 13.6 Å². The highest BCUT2D eigenvalue weighted by Gasteiger charge is 2.16. The topological polar surface area (TPSA) is 84.9 Å². The molecular formula is C17H19F2N4O+. The minimum atomic E-state index is -0.691. The fourth-order valence-electron chi connectivity index (χ4n) is 2.29. The number of carbonyl (C=O) groups excluding carboxylic acids is 1. The van der Waals surface area contributed by atoms with Gasteiger partial charge >= 0.3 is 0 Å². The summed E-state index contributed by atoms with van der Waals surface area (Å²) in [6.45, 7) is 7.48. The third-order valence-corrected chi connectivity index (χ3v) is 3.59. The van der Waals surface area contributed by atoms with Crippen molar-refractivity contribution in [2.45, 2.75) is 13.8 Å². The first-order valence-corrected chi connectivity index (χ1v) is 7.24. The molecule has 0 saturated heterocycles. The van der Waals surface area contributed by atoms with Crippen LogP contribution in [0.4, 0.5) is 8.78 Å². The number of benzene rings is 1. The van der Waals surface area contributed by atoms with Gasteiger partial charge in [-0.2, -0.15) is 0 Å². The van der Waals surface area contributed by atoms with E-state index in [1.165, 1.54) is 6.07 Å². The Morgan fingerprint density at radius 1 is 1.38 bits per heavy atom. The number of hydrazine groups is 1. The number of hydrogen-bond acceptors (Lipinski definition) is 2. The van der Waals surface area contributed by atoms with E-state index in [2.05, 4.69) is 22.0 Å². The number of hydrogen-bond donors (Lipinski definition) is 4. The van der Waals surface area contributed by atoms with Crippen molar-refractivity contribution in [1.82, 2.24) is 10.3 Å². The lowest BCUT2D eigenvalue weighted by atomic mass is 9.96. The van der Waals surface area contributed by atoms with E-state index in [0.717, 1.165) is 6.07 Å². The third kappa shape index (κ3) is 3.68. The minimum Gasteiger partial charge on any atom is -0.357 e. The second-order valence-electron chi connectivity index (χ2n) is 5.47. The van der Waals surface area contributed by atoms with E-state index in [1.807, 2.05) is 0 Å². The van der Waals surface area contributed by atoms with Gasteiger partial charge in [0, 0.05) is 30.3 Å². The van der Waals surface area contributed by atoms with E-state index < -0.39 is 11.6 Å². The zero-order chi connectivity index (χ0) is 17.9. The Bertz CT molecular complexity index is 801. The smallest absolute Gasteiger partial charge is 0.268 e. The van der Waals surface area contributed by atoms with Crippen molar-refractivity contribution in [3.8, 4) is 0 Å². The van der Waals surface area contributed by atoms with Gasteiger partial charge in [0.25, 0.3) is 5.91 Å². The van der Waals surface area contributed by atoms with Gasteiger partial charge in [0.2, 0.25) is 0 Å². The molecule has 0 unspecified atom stereocenters. The van der Waals surface area contributed by atoms with Crippen LogP contribution in [-0.2, 0) is 0 Å². The Hall–Kier alpha value is -2.96. The first kappa shape index (κ1) is 17.4. The van der Waals surface area contributed by atoms with Gasteiger partial charge in [0.05, 0.1) is 0 Å². The summed E-state index contributed by atoms with van der Waals surface area (Å²) in [6, 6.07) is 3.61. The van der Waals surface area contributed by atoms with Crippen molar-refractivity contribution in [2.75, 3.05) is 6.54 Å². The average Bonchev–Trinajstić information content (AvgIpc) is 3.01. The highest BCUT2D eigenvalue weighted by molar-refractivity contribution is 5.96. The molecule has 7 heteroatoms. The Morgan fingerprint density at radius 2 is 2.08 bits per heavy atom. The molecule has 2 rings (SSSR count). The minimum absolute atomic E-state index is 0.221. The quantitative estimate of drug-likeness (QED) is 0.371. The Balaban J connectivity index is 2.22. The number of amides is 1. The van der Waals surface area contributed by atoms with Gasteiger partial charge in [-0.05, 0) is 30.2 Å². The van der Waals surface area contributed by atoms with E-state index in [4.69, 9.17) is 5.84 Å². The molecule has 5 nitrogen and oxygen atoms in total. The lowest BCUT2D eigenvalue weighted by Gasteiger charge is -2.09. The zero-order valence-electron chi connectivity index (χ0n) is 13.5. The predicted molar refractivity (Wildman–Crippen MR) is 88.2 cm³/mol. The number of hydrazone groups is 1. The molecule has 1 heterocycles. The van der Waals surface area contributed by atoms with Gasteiger partial charge in [-0.3, -0.25) is 4.79 Å². The second kappa shape index (κ2) is 7.08. The SMILES string of the molecule is C=C(c1c[nH]c(C(=O)NC/C(C)=[NH+]/N)c1)c1c(C)cc(F)cc1F. The van der Waals surface area contributed by atoms with Crippen molar-refractivity contribution >= 4 is 17.2 Å². The number of carbonyl (C=O) groups is 1. The molecule has 0 aliphatic rings. The summed E-state index contributed by atoms with van der Waals surface area (Å²) in [4.78, 5) is 14.9. The molecule has 1 aromatic heterocycles. The van der Waals surface area contributed by atoms with E-state index in [0.29, 0.717) is 28.1 Å². The molecule has 0 spiro atoms. The van der Waals surface area contributed by atoms with Crippen molar-refractivity contribution < 1.29 is 18.7 Å². The van der Waals surface area contributed by atoms with E-state index in [-0.39, 0.29) is 18.0 Å². The summed E-state index contributed by atoms with van der Waals surface area (Å²) in [5, 5.41) is 5.11. The molecule has 2 aromatic rings. The Labute approximate surface area is 138 Å². The summed E-state index contributed by atoms with van der Waals surface area (Å²) >= 11 is 0. The van der Waals surface area contributed by atoms with Crippen LogP contribution in [0.15, 0.2) is 31.0 Å². The van der Waals surface area contributed by atoms with Crippen LogP contribution in [0.2, 0.25) is 0 Å². The van der Waals surface area contributed by atoms with E-state index in [1.54, 1.807) is 26.1 Å². The number of aromatic nitrogens is 1. The highest BCUT2D eigenvalue weighted by atomic mass is 19.1. The first-order chi connectivity index (χ1) is 11.3. The number of aryl methyl sites for hydroxylation is 1. The monoisotopic (exact) mass is 333 g/mol. The molecule has 0 aliphatic heterocycles. The zero-order valence-corrected chi connectivity index (χ0v) is 13.5. The summed E-state index contributed by atoms with van der Waals surface area (Å²) in [6.07, 6.45) is 1.55. The molecule has 24 heavy (non-hydrogen) atoms. The van der Waals surface area contributed by atoms with Crippen molar-refractivity contribution in [3.05, 3.63) is 65.0 Å². The number of aromatic amines is 1. The molecule has 0 atom stereocenters. The van der Waals surface area contributed by atoms with Crippen LogP contribution >= 0.6 is 0 Å². The fraction of sp³-hybridized carbons (Fsp3) is 0.176. The average molecular weight is 333 g/mol. The van der Waals surface area contributed by atoms with E-state index >= 15 is 0 Å². The summed E-state index contributed by atoms with van der Waals surface area (Å²) in [5.41, 5.74) is 2.57. The molecule has 0 bridgehead atoms. The van der Waals surface area contributed by atoms with Crippen LogP contribution in [0.3, 0.4) is 0 Å². The van der Waals surface area contributed by atoms with Gasteiger partial charge in [-0.15, -0.1) is 5.10 Å². The first-order valence-electron chi connectivity index (χ1n) is 7.24. The normalized spacial score (nSPS) is 11.4. The van der Waals surface area contributed by atoms with Crippen LogP contribution in [0, 0.1) is 18.6 Å². The Morgan fingerprint density at radius 3 is 2.71 bits per heavy atom. The number of rotatable bonds is 5. The van der Waals surface area contributed by atoms with Crippen molar-refractivity contribution in [3.63, 3.8) is 0 Å². The maximum absolute atomic E-state index is 14.0.